The Hall–Kier alpha value is -2.77. The van der Waals surface area contributed by atoms with Crippen molar-refractivity contribution in [3.05, 3.63) is 53.7 Å². The number of pyridine rings is 1. The second kappa shape index (κ2) is 7.85. The fraction of sp³-hybridized carbons (Fsp3) is 0.368. The van der Waals surface area contributed by atoms with Crippen LogP contribution in [0.15, 0.2) is 42.6 Å². The Labute approximate surface area is 154 Å². The van der Waals surface area contributed by atoms with Crippen LogP contribution in [0.3, 0.4) is 0 Å². The fourth-order valence-corrected chi connectivity index (χ4v) is 2.92. The molecule has 1 aromatic carbocycles. The third kappa shape index (κ3) is 4.50. The Morgan fingerprint density at radius 3 is 2.81 bits per heavy atom. The van der Waals surface area contributed by atoms with Crippen molar-refractivity contribution in [1.29, 1.82) is 0 Å². The first-order chi connectivity index (χ1) is 12.9. The molecule has 0 radical (unpaired) electrons. The van der Waals surface area contributed by atoms with Gasteiger partial charge in [0, 0.05) is 25.2 Å². The summed E-state index contributed by atoms with van der Waals surface area (Å²) in [7, 11) is 0. The van der Waals surface area contributed by atoms with Crippen molar-refractivity contribution < 1.29 is 27.4 Å². The number of hydrogen-bond acceptors (Lipinski definition) is 4. The van der Waals surface area contributed by atoms with Crippen LogP contribution in [0, 0.1) is 0 Å². The molecule has 0 N–H and O–H groups in total. The summed E-state index contributed by atoms with van der Waals surface area (Å²) in [6, 6.07) is 8.73. The molecule has 0 saturated carbocycles. The van der Waals surface area contributed by atoms with E-state index in [1.807, 2.05) is 6.92 Å². The zero-order valence-corrected chi connectivity index (χ0v) is 14.7. The highest BCUT2D eigenvalue weighted by molar-refractivity contribution is 5.97. The molecule has 144 valence electrons. The first kappa shape index (κ1) is 19.0. The molecule has 0 spiro atoms. The van der Waals surface area contributed by atoms with Crippen LogP contribution in [0.1, 0.15) is 29.3 Å². The molecule has 1 fully saturated rings. The van der Waals surface area contributed by atoms with Crippen molar-refractivity contribution in [2.24, 2.45) is 0 Å². The Morgan fingerprint density at radius 2 is 2.07 bits per heavy atom. The highest BCUT2D eigenvalue weighted by Crippen LogP contribution is 2.31. The van der Waals surface area contributed by atoms with Gasteiger partial charge in [-0.1, -0.05) is 12.1 Å². The van der Waals surface area contributed by atoms with E-state index in [-0.39, 0.29) is 18.3 Å². The van der Waals surface area contributed by atoms with Crippen LogP contribution in [0.2, 0.25) is 0 Å². The number of rotatable bonds is 5. The third-order valence-corrected chi connectivity index (χ3v) is 4.20. The lowest BCUT2D eigenvalue weighted by Gasteiger charge is -2.19. The number of ether oxygens (including phenoxy) is 2. The largest absolute Gasteiger partial charge is 0.493 e. The molecule has 2 heterocycles. The van der Waals surface area contributed by atoms with Gasteiger partial charge in [-0.15, -0.1) is 0 Å². The molecule has 1 unspecified atom stereocenters. The third-order valence-electron chi connectivity index (χ3n) is 4.20. The van der Waals surface area contributed by atoms with E-state index in [1.165, 1.54) is 0 Å². The quantitative estimate of drug-likeness (QED) is 0.792. The summed E-state index contributed by atoms with van der Waals surface area (Å²) in [5.41, 5.74) is -0.360. The number of halogens is 3. The molecule has 5 nitrogen and oxygen atoms in total. The second-order valence-corrected chi connectivity index (χ2v) is 6.09. The number of para-hydroxylation sites is 1. The summed E-state index contributed by atoms with van der Waals surface area (Å²) in [5, 5.41) is 0. The van der Waals surface area contributed by atoms with Crippen LogP contribution in [-0.4, -0.2) is 41.6 Å². The molecule has 1 saturated heterocycles. The number of hydrogen-bond donors (Lipinski definition) is 0. The van der Waals surface area contributed by atoms with Crippen LogP contribution in [0.4, 0.5) is 13.2 Å². The summed E-state index contributed by atoms with van der Waals surface area (Å²) < 4.78 is 49.4. The monoisotopic (exact) mass is 380 g/mol. The summed E-state index contributed by atoms with van der Waals surface area (Å²) in [6.07, 6.45) is -3.29. The Bertz CT molecular complexity index is 811. The van der Waals surface area contributed by atoms with Gasteiger partial charge < -0.3 is 14.4 Å². The van der Waals surface area contributed by atoms with Gasteiger partial charge in [-0.25, -0.2) is 4.98 Å². The van der Waals surface area contributed by atoms with Gasteiger partial charge in [-0.2, -0.15) is 13.2 Å². The number of likely N-dealkylation sites (tertiary alicyclic amines) is 1. The van der Waals surface area contributed by atoms with Crippen LogP contribution in [0.5, 0.6) is 11.6 Å². The topological polar surface area (TPSA) is 51.7 Å². The molecule has 1 amide bonds. The minimum Gasteiger partial charge on any atom is -0.493 e. The maximum absolute atomic E-state index is 12.8. The van der Waals surface area contributed by atoms with E-state index in [9.17, 15) is 18.0 Å². The SMILES string of the molecule is CCOc1ccccc1C(=O)N1CCC(Oc2cc(C(F)(F)F)ccn2)C1. The summed E-state index contributed by atoms with van der Waals surface area (Å²) in [6.45, 7) is 3.00. The van der Waals surface area contributed by atoms with Crippen molar-refractivity contribution in [2.45, 2.75) is 25.6 Å². The van der Waals surface area contributed by atoms with E-state index in [0.717, 1.165) is 18.3 Å². The first-order valence-electron chi connectivity index (χ1n) is 8.59. The zero-order chi connectivity index (χ0) is 19.4. The van der Waals surface area contributed by atoms with Crippen molar-refractivity contribution >= 4 is 5.91 Å². The average molecular weight is 380 g/mol. The van der Waals surface area contributed by atoms with E-state index in [4.69, 9.17) is 9.47 Å². The average Bonchev–Trinajstić information content (AvgIpc) is 3.10. The Balaban J connectivity index is 1.66. The summed E-state index contributed by atoms with van der Waals surface area (Å²) >= 11 is 0. The molecule has 0 bridgehead atoms. The van der Waals surface area contributed by atoms with E-state index >= 15 is 0 Å². The van der Waals surface area contributed by atoms with E-state index in [1.54, 1.807) is 29.2 Å². The molecule has 1 aliphatic rings. The minimum absolute atomic E-state index is 0.0983. The number of carbonyl (C=O) groups is 1. The van der Waals surface area contributed by atoms with E-state index < -0.39 is 17.8 Å². The molecular formula is C19H19F3N2O3. The molecule has 0 aliphatic carbocycles. The van der Waals surface area contributed by atoms with Gasteiger partial charge in [0.15, 0.2) is 0 Å². The fourth-order valence-electron chi connectivity index (χ4n) is 2.92. The van der Waals surface area contributed by atoms with E-state index in [0.29, 0.717) is 30.9 Å². The van der Waals surface area contributed by atoms with Gasteiger partial charge in [-0.05, 0) is 25.1 Å². The predicted octanol–water partition coefficient (Wildman–Crippen LogP) is 3.79. The molecular weight excluding hydrogens is 361 g/mol. The molecule has 8 heteroatoms. The van der Waals surface area contributed by atoms with Crippen molar-refractivity contribution in [3.63, 3.8) is 0 Å². The number of carbonyl (C=O) groups excluding carboxylic acids is 1. The highest BCUT2D eigenvalue weighted by atomic mass is 19.4. The smallest absolute Gasteiger partial charge is 0.416 e. The molecule has 1 aliphatic heterocycles. The highest BCUT2D eigenvalue weighted by Gasteiger charge is 2.33. The second-order valence-electron chi connectivity index (χ2n) is 6.09. The number of amides is 1. The number of aromatic nitrogens is 1. The summed E-state index contributed by atoms with van der Waals surface area (Å²) in [5.74, 6) is 0.218. The lowest BCUT2D eigenvalue weighted by Crippen LogP contribution is -2.31. The Kier molecular flexibility index (Phi) is 5.53. The van der Waals surface area contributed by atoms with Crippen molar-refractivity contribution in [1.82, 2.24) is 9.88 Å². The Morgan fingerprint density at radius 1 is 1.30 bits per heavy atom. The lowest BCUT2D eigenvalue weighted by atomic mass is 10.2. The first-order valence-corrected chi connectivity index (χ1v) is 8.59. The molecule has 1 atom stereocenters. The van der Waals surface area contributed by atoms with Crippen molar-refractivity contribution in [2.75, 3.05) is 19.7 Å². The van der Waals surface area contributed by atoms with Gasteiger partial charge in [0.05, 0.1) is 24.3 Å². The van der Waals surface area contributed by atoms with Crippen LogP contribution >= 0.6 is 0 Å². The molecule has 2 aromatic rings. The zero-order valence-electron chi connectivity index (χ0n) is 14.7. The molecule has 1 aromatic heterocycles. The number of benzene rings is 1. The lowest BCUT2D eigenvalue weighted by molar-refractivity contribution is -0.137. The van der Waals surface area contributed by atoms with Crippen molar-refractivity contribution in [3.8, 4) is 11.6 Å². The predicted molar refractivity (Wildman–Crippen MR) is 91.8 cm³/mol. The standard InChI is InChI=1S/C19H19F3N2O3/c1-2-26-16-6-4-3-5-15(16)18(25)24-10-8-14(12-24)27-17-11-13(7-9-23-17)19(20,21)22/h3-7,9,11,14H,2,8,10,12H2,1H3. The maximum Gasteiger partial charge on any atom is 0.416 e. The normalized spacial score (nSPS) is 17.0. The number of alkyl halides is 3. The van der Waals surface area contributed by atoms with Gasteiger partial charge in [0.2, 0.25) is 5.88 Å². The van der Waals surface area contributed by atoms with Crippen LogP contribution in [0.25, 0.3) is 0 Å². The molecule has 27 heavy (non-hydrogen) atoms. The maximum atomic E-state index is 12.8. The van der Waals surface area contributed by atoms with Gasteiger partial charge >= 0.3 is 6.18 Å². The van der Waals surface area contributed by atoms with Crippen LogP contribution < -0.4 is 9.47 Å². The van der Waals surface area contributed by atoms with Gasteiger partial charge in [0.1, 0.15) is 11.9 Å². The minimum atomic E-state index is -4.46. The van der Waals surface area contributed by atoms with Gasteiger partial charge in [-0.3, -0.25) is 4.79 Å². The van der Waals surface area contributed by atoms with Gasteiger partial charge in [0.25, 0.3) is 5.91 Å². The van der Waals surface area contributed by atoms with E-state index in [2.05, 4.69) is 4.98 Å². The molecule has 3 rings (SSSR count). The summed E-state index contributed by atoms with van der Waals surface area (Å²) in [4.78, 5) is 18.2. The van der Waals surface area contributed by atoms with Crippen LogP contribution in [-0.2, 0) is 6.18 Å². The number of nitrogens with zero attached hydrogens (tertiary/aromatic N) is 2.